The molecular formula is C26H31ClN3O4S-. The van der Waals surface area contributed by atoms with Gasteiger partial charge in [-0.15, -0.1) is 0 Å². The minimum absolute atomic E-state index is 0.185. The van der Waals surface area contributed by atoms with Crippen LogP contribution in [0.4, 0.5) is 0 Å². The van der Waals surface area contributed by atoms with Crippen LogP contribution in [0, 0.1) is 5.92 Å². The van der Waals surface area contributed by atoms with Gasteiger partial charge < -0.3 is 14.3 Å². The highest BCUT2D eigenvalue weighted by molar-refractivity contribution is 7.76. The van der Waals surface area contributed by atoms with Crippen molar-refractivity contribution in [3.05, 3.63) is 52.2 Å². The SMILES string of the molecule is CCC(C)CCCN(Cc1nc2oc(-c3ccc(Cl)cc3)c(C(=O)NC)c2cc1C1CC1)S(=O)[O-]. The van der Waals surface area contributed by atoms with E-state index in [1.165, 1.54) is 4.31 Å². The molecule has 9 heteroatoms. The number of aromatic nitrogens is 1. The van der Waals surface area contributed by atoms with Crippen LogP contribution in [0.15, 0.2) is 34.7 Å². The molecule has 1 aliphatic rings. The lowest BCUT2D eigenvalue weighted by molar-refractivity contribution is 0.0964. The van der Waals surface area contributed by atoms with Crippen LogP contribution in [0.3, 0.4) is 0 Å². The first-order valence-electron chi connectivity index (χ1n) is 12.1. The monoisotopic (exact) mass is 516 g/mol. The second-order valence-corrected chi connectivity index (χ2v) is 10.7. The van der Waals surface area contributed by atoms with Crippen LogP contribution >= 0.6 is 11.6 Å². The Balaban J connectivity index is 1.74. The Morgan fingerprint density at radius 2 is 2.06 bits per heavy atom. The van der Waals surface area contributed by atoms with Crippen molar-refractivity contribution in [1.29, 1.82) is 0 Å². The van der Waals surface area contributed by atoms with E-state index in [9.17, 15) is 13.6 Å². The van der Waals surface area contributed by atoms with Crippen molar-refractivity contribution in [3.63, 3.8) is 0 Å². The van der Waals surface area contributed by atoms with E-state index in [0.717, 1.165) is 37.7 Å². The third kappa shape index (κ3) is 5.94. The van der Waals surface area contributed by atoms with Crippen molar-refractivity contribution in [2.24, 2.45) is 5.92 Å². The average Bonchev–Trinajstić information content (AvgIpc) is 3.63. The predicted octanol–water partition coefficient (Wildman–Crippen LogP) is 5.81. The molecule has 4 rings (SSSR count). The summed E-state index contributed by atoms with van der Waals surface area (Å²) in [5, 5.41) is 3.92. The topological polar surface area (TPSA) is 98.5 Å². The predicted molar refractivity (Wildman–Crippen MR) is 138 cm³/mol. The molecule has 1 aromatic carbocycles. The van der Waals surface area contributed by atoms with Gasteiger partial charge in [-0.2, -0.15) is 0 Å². The van der Waals surface area contributed by atoms with E-state index in [0.29, 0.717) is 57.1 Å². The van der Waals surface area contributed by atoms with Gasteiger partial charge in [0, 0.05) is 35.4 Å². The molecule has 1 saturated carbocycles. The maximum atomic E-state index is 12.9. The maximum absolute atomic E-state index is 12.9. The quantitative estimate of drug-likeness (QED) is 0.324. The molecule has 2 heterocycles. The van der Waals surface area contributed by atoms with Crippen molar-refractivity contribution < 1.29 is 18.0 Å². The number of furan rings is 1. The number of carbonyl (C=O) groups excluding carboxylic acids is 1. The number of rotatable bonds is 11. The van der Waals surface area contributed by atoms with Crippen molar-refractivity contribution >= 4 is 39.9 Å². The van der Waals surface area contributed by atoms with Crippen LogP contribution in [-0.2, 0) is 17.8 Å². The van der Waals surface area contributed by atoms with Crippen LogP contribution in [0.2, 0.25) is 5.02 Å². The molecule has 1 amide bonds. The van der Waals surface area contributed by atoms with E-state index < -0.39 is 11.3 Å². The lowest BCUT2D eigenvalue weighted by Gasteiger charge is -2.25. The second kappa shape index (κ2) is 11.2. The Kier molecular flexibility index (Phi) is 8.27. The maximum Gasteiger partial charge on any atom is 0.255 e. The second-order valence-electron chi connectivity index (χ2n) is 9.28. The number of hydrogen-bond acceptors (Lipinski definition) is 5. The third-order valence-electron chi connectivity index (χ3n) is 6.71. The van der Waals surface area contributed by atoms with Gasteiger partial charge in [0.25, 0.3) is 5.91 Å². The van der Waals surface area contributed by atoms with E-state index in [4.69, 9.17) is 21.0 Å². The molecule has 2 atom stereocenters. The minimum Gasteiger partial charge on any atom is -0.760 e. The number of pyridine rings is 1. The summed E-state index contributed by atoms with van der Waals surface area (Å²) in [6.45, 7) is 4.95. The lowest BCUT2D eigenvalue weighted by atomic mass is 10.0. The Morgan fingerprint density at radius 3 is 2.66 bits per heavy atom. The van der Waals surface area contributed by atoms with E-state index in [2.05, 4.69) is 19.2 Å². The molecule has 2 unspecified atom stereocenters. The minimum atomic E-state index is -2.36. The molecule has 0 radical (unpaired) electrons. The molecule has 1 fully saturated rings. The number of halogens is 1. The molecule has 188 valence electrons. The molecule has 35 heavy (non-hydrogen) atoms. The fourth-order valence-electron chi connectivity index (χ4n) is 4.30. The molecule has 7 nitrogen and oxygen atoms in total. The summed E-state index contributed by atoms with van der Waals surface area (Å²) in [6, 6.07) is 9.05. The van der Waals surface area contributed by atoms with Gasteiger partial charge in [0.15, 0.2) is 0 Å². The summed E-state index contributed by atoms with van der Waals surface area (Å²) in [4.78, 5) is 17.7. The molecule has 0 spiro atoms. The first-order chi connectivity index (χ1) is 16.8. The van der Waals surface area contributed by atoms with E-state index in [-0.39, 0.29) is 12.5 Å². The fraction of sp³-hybridized carbons (Fsp3) is 0.462. The Hall–Kier alpha value is -2.26. The molecule has 2 aromatic heterocycles. The zero-order chi connectivity index (χ0) is 25.1. The number of fused-ring (bicyclic) bond motifs is 1. The highest BCUT2D eigenvalue weighted by atomic mass is 35.5. The normalized spacial score (nSPS) is 15.5. The van der Waals surface area contributed by atoms with Crippen molar-refractivity contribution in [2.45, 2.75) is 58.4 Å². The smallest absolute Gasteiger partial charge is 0.255 e. The highest BCUT2D eigenvalue weighted by Crippen LogP contribution is 2.44. The van der Waals surface area contributed by atoms with E-state index in [1.807, 2.05) is 6.07 Å². The molecule has 3 aromatic rings. The average molecular weight is 517 g/mol. The summed E-state index contributed by atoms with van der Waals surface area (Å²) in [6.07, 6.45) is 4.89. The van der Waals surface area contributed by atoms with Gasteiger partial charge >= 0.3 is 0 Å². The van der Waals surface area contributed by atoms with Crippen LogP contribution < -0.4 is 5.32 Å². The zero-order valence-electron chi connectivity index (χ0n) is 20.3. The standard InChI is InChI=1S/C26H32ClN3O4S/c1-4-16(2)6-5-13-30(35(32)33)15-22-20(17-7-8-17)14-21-23(25(31)28-3)24(34-26(21)29-22)18-9-11-19(27)12-10-18/h9-12,14,16-17H,4-8,13,15H2,1-3H3,(H,28,31)(H,32,33)/p-1. The third-order valence-corrected chi connectivity index (χ3v) is 7.70. The van der Waals surface area contributed by atoms with Crippen LogP contribution in [0.25, 0.3) is 22.4 Å². The fourth-order valence-corrected chi connectivity index (χ4v) is 4.93. The largest absolute Gasteiger partial charge is 0.760 e. The van der Waals surface area contributed by atoms with Crippen molar-refractivity contribution in [2.75, 3.05) is 13.6 Å². The Morgan fingerprint density at radius 1 is 1.34 bits per heavy atom. The first kappa shape index (κ1) is 25.8. The first-order valence-corrected chi connectivity index (χ1v) is 13.5. The van der Waals surface area contributed by atoms with E-state index >= 15 is 0 Å². The molecular weight excluding hydrogens is 486 g/mol. The summed E-state index contributed by atoms with van der Waals surface area (Å²) in [5.41, 5.74) is 3.14. The molecule has 0 saturated heterocycles. The Labute approximate surface area is 213 Å². The van der Waals surface area contributed by atoms with Gasteiger partial charge in [0.05, 0.1) is 23.2 Å². The van der Waals surface area contributed by atoms with Gasteiger partial charge in [-0.25, -0.2) is 9.29 Å². The van der Waals surface area contributed by atoms with Gasteiger partial charge in [0.1, 0.15) is 5.76 Å². The van der Waals surface area contributed by atoms with Crippen molar-refractivity contribution in [3.8, 4) is 11.3 Å². The number of amides is 1. The van der Waals surface area contributed by atoms with Gasteiger partial charge in [0.2, 0.25) is 5.71 Å². The number of nitrogens with zero attached hydrogens (tertiary/aromatic N) is 2. The Bertz CT molecular complexity index is 1220. The number of benzene rings is 1. The van der Waals surface area contributed by atoms with E-state index in [1.54, 1.807) is 31.3 Å². The number of nitrogens with one attached hydrogen (secondary N) is 1. The molecule has 0 aliphatic heterocycles. The lowest BCUT2D eigenvalue weighted by Crippen LogP contribution is -2.28. The summed E-state index contributed by atoms with van der Waals surface area (Å²) in [5.74, 6) is 1.03. The summed E-state index contributed by atoms with van der Waals surface area (Å²) < 4.78 is 31.6. The summed E-state index contributed by atoms with van der Waals surface area (Å²) >= 11 is 3.69. The summed E-state index contributed by atoms with van der Waals surface area (Å²) in [7, 11) is 1.58. The van der Waals surface area contributed by atoms with Crippen LogP contribution in [0.1, 0.15) is 73.5 Å². The molecule has 0 bridgehead atoms. The molecule has 1 N–H and O–H groups in total. The van der Waals surface area contributed by atoms with Crippen LogP contribution in [-0.4, -0.2) is 37.6 Å². The number of carbonyl (C=O) groups is 1. The van der Waals surface area contributed by atoms with Gasteiger partial charge in [-0.1, -0.05) is 31.9 Å². The van der Waals surface area contributed by atoms with Gasteiger partial charge in [-0.05, 0) is 73.4 Å². The van der Waals surface area contributed by atoms with Gasteiger partial charge in [-0.3, -0.25) is 9.00 Å². The zero-order valence-corrected chi connectivity index (χ0v) is 21.9. The highest BCUT2D eigenvalue weighted by Gasteiger charge is 2.31. The van der Waals surface area contributed by atoms with Crippen LogP contribution in [0.5, 0.6) is 0 Å². The van der Waals surface area contributed by atoms with Crippen molar-refractivity contribution in [1.82, 2.24) is 14.6 Å². The number of hydrogen-bond donors (Lipinski definition) is 1. The molecule has 1 aliphatic carbocycles.